The Hall–Kier alpha value is -2.64. The number of hydrogen-bond acceptors (Lipinski definition) is 3. The Morgan fingerprint density at radius 2 is 2.00 bits per heavy atom. The molecule has 0 radical (unpaired) electrons. The maximum Gasteiger partial charge on any atom is 0.257 e. The molecule has 1 aromatic heterocycles. The number of nitrogens with two attached hydrogens (primary N) is 1. The van der Waals surface area contributed by atoms with E-state index in [0.717, 1.165) is 16.8 Å². The van der Waals surface area contributed by atoms with Gasteiger partial charge in [-0.25, -0.2) is 0 Å². The van der Waals surface area contributed by atoms with Crippen LogP contribution in [0.25, 0.3) is 0 Å². The number of anilines is 1. The van der Waals surface area contributed by atoms with Crippen LogP contribution in [0, 0.1) is 25.7 Å². The first-order valence-electron chi connectivity index (χ1n) is 6.64. The molecular weight excluding hydrogens is 262 g/mol. The van der Waals surface area contributed by atoms with Crippen LogP contribution in [0.5, 0.6) is 0 Å². The van der Waals surface area contributed by atoms with E-state index >= 15 is 0 Å². The third-order valence-electron chi connectivity index (χ3n) is 3.11. The zero-order valence-corrected chi connectivity index (χ0v) is 12.1. The second kappa shape index (κ2) is 6.69. The Morgan fingerprint density at radius 1 is 1.29 bits per heavy atom. The summed E-state index contributed by atoms with van der Waals surface area (Å²) in [5.41, 5.74) is 9.31. The number of pyridine rings is 1. The quantitative estimate of drug-likeness (QED) is 0.829. The number of aryl methyl sites for hydroxylation is 2. The predicted octanol–water partition coefficient (Wildman–Crippen LogP) is 2.26. The first-order chi connectivity index (χ1) is 10.1. The highest BCUT2D eigenvalue weighted by atomic mass is 16.1. The zero-order chi connectivity index (χ0) is 15.2. The molecule has 1 heterocycles. The van der Waals surface area contributed by atoms with Gasteiger partial charge in [-0.3, -0.25) is 9.78 Å². The normalized spacial score (nSPS) is 9.67. The van der Waals surface area contributed by atoms with Crippen molar-refractivity contribution in [2.24, 2.45) is 5.73 Å². The lowest BCUT2D eigenvalue weighted by molar-refractivity contribution is 0.102. The third kappa shape index (κ3) is 3.47. The third-order valence-corrected chi connectivity index (χ3v) is 3.11. The summed E-state index contributed by atoms with van der Waals surface area (Å²) in [5, 5.41) is 2.95. The van der Waals surface area contributed by atoms with Gasteiger partial charge in [-0.05, 0) is 31.0 Å². The largest absolute Gasteiger partial charge is 0.321 e. The summed E-state index contributed by atoms with van der Waals surface area (Å²) in [4.78, 5) is 16.5. The van der Waals surface area contributed by atoms with Crippen LogP contribution in [0.1, 0.15) is 27.0 Å². The second-order valence-electron chi connectivity index (χ2n) is 4.65. The van der Waals surface area contributed by atoms with Gasteiger partial charge in [-0.2, -0.15) is 0 Å². The summed E-state index contributed by atoms with van der Waals surface area (Å²) >= 11 is 0. The minimum absolute atomic E-state index is 0.198. The average Bonchev–Trinajstić information content (AvgIpc) is 2.49. The number of amides is 1. The average molecular weight is 279 g/mol. The molecule has 21 heavy (non-hydrogen) atoms. The van der Waals surface area contributed by atoms with Gasteiger partial charge in [-0.15, -0.1) is 0 Å². The van der Waals surface area contributed by atoms with Crippen molar-refractivity contribution in [2.75, 3.05) is 11.9 Å². The fourth-order valence-corrected chi connectivity index (χ4v) is 2.03. The van der Waals surface area contributed by atoms with Gasteiger partial charge < -0.3 is 11.1 Å². The van der Waals surface area contributed by atoms with E-state index in [-0.39, 0.29) is 12.5 Å². The zero-order valence-electron chi connectivity index (χ0n) is 12.1. The van der Waals surface area contributed by atoms with Crippen molar-refractivity contribution in [3.63, 3.8) is 0 Å². The topological polar surface area (TPSA) is 68.0 Å². The molecule has 0 aliphatic rings. The van der Waals surface area contributed by atoms with Crippen LogP contribution in [-0.4, -0.2) is 17.4 Å². The molecule has 0 aliphatic heterocycles. The van der Waals surface area contributed by atoms with Crippen molar-refractivity contribution in [3.05, 3.63) is 58.9 Å². The van der Waals surface area contributed by atoms with E-state index in [4.69, 9.17) is 5.73 Å². The highest BCUT2D eigenvalue weighted by Crippen LogP contribution is 2.20. The van der Waals surface area contributed by atoms with Crippen molar-refractivity contribution in [2.45, 2.75) is 13.8 Å². The molecule has 0 fully saturated rings. The predicted molar refractivity (Wildman–Crippen MR) is 84.0 cm³/mol. The molecule has 0 atom stereocenters. The van der Waals surface area contributed by atoms with Crippen LogP contribution in [0.4, 0.5) is 5.69 Å². The Morgan fingerprint density at radius 3 is 2.67 bits per heavy atom. The van der Waals surface area contributed by atoms with Gasteiger partial charge in [0.05, 0.1) is 17.7 Å². The van der Waals surface area contributed by atoms with Crippen molar-refractivity contribution < 1.29 is 4.79 Å². The molecule has 4 heteroatoms. The number of para-hydroxylation sites is 1. The second-order valence-corrected chi connectivity index (χ2v) is 4.65. The first-order valence-corrected chi connectivity index (χ1v) is 6.64. The maximum absolute atomic E-state index is 12.5. The molecule has 0 bridgehead atoms. The number of nitrogens with zero attached hydrogens (tertiary/aromatic N) is 1. The minimum atomic E-state index is -0.198. The van der Waals surface area contributed by atoms with Gasteiger partial charge in [0.1, 0.15) is 0 Å². The molecule has 106 valence electrons. The summed E-state index contributed by atoms with van der Waals surface area (Å²) in [7, 11) is 0. The van der Waals surface area contributed by atoms with Crippen LogP contribution in [-0.2, 0) is 0 Å². The number of aromatic nitrogens is 1. The highest BCUT2D eigenvalue weighted by molar-refractivity contribution is 6.06. The van der Waals surface area contributed by atoms with E-state index in [9.17, 15) is 4.79 Å². The van der Waals surface area contributed by atoms with E-state index < -0.39 is 0 Å². The van der Waals surface area contributed by atoms with Crippen molar-refractivity contribution in [1.29, 1.82) is 0 Å². The van der Waals surface area contributed by atoms with Crippen LogP contribution in [0.3, 0.4) is 0 Å². The highest BCUT2D eigenvalue weighted by Gasteiger charge is 2.12. The number of carbonyl (C=O) groups excluding carboxylic acids is 1. The summed E-state index contributed by atoms with van der Waals surface area (Å²) in [6, 6.07) is 7.54. The Bertz CT molecular complexity index is 706. The van der Waals surface area contributed by atoms with Crippen molar-refractivity contribution in [1.82, 2.24) is 4.98 Å². The van der Waals surface area contributed by atoms with E-state index in [1.165, 1.54) is 0 Å². The lowest BCUT2D eigenvalue weighted by atomic mass is 10.1. The van der Waals surface area contributed by atoms with Gasteiger partial charge in [0.25, 0.3) is 5.91 Å². The Balaban J connectivity index is 2.33. The molecule has 0 saturated carbocycles. The molecule has 4 nitrogen and oxygen atoms in total. The summed E-state index contributed by atoms with van der Waals surface area (Å²) < 4.78 is 0. The lowest BCUT2D eigenvalue weighted by Gasteiger charge is -2.12. The number of hydrogen-bond donors (Lipinski definition) is 2. The van der Waals surface area contributed by atoms with Gasteiger partial charge >= 0.3 is 0 Å². The lowest BCUT2D eigenvalue weighted by Crippen LogP contribution is -2.15. The van der Waals surface area contributed by atoms with Crippen molar-refractivity contribution in [3.8, 4) is 11.8 Å². The molecule has 3 N–H and O–H groups in total. The van der Waals surface area contributed by atoms with E-state index in [2.05, 4.69) is 22.1 Å². The minimum Gasteiger partial charge on any atom is -0.321 e. The molecule has 1 aromatic carbocycles. The Labute approximate surface area is 124 Å². The molecule has 0 unspecified atom stereocenters. The molecule has 2 rings (SSSR count). The van der Waals surface area contributed by atoms with Crippen LogP contribution in [0.15, 0.2) is 36.7 Å². The fourth-order valence-electron chi connectivity index (χ4n) is 2.03. The standard InChI is InChI=1S/C17H17N3O/c1-12-5-3-6-13(2)16(12)20-17(21)15-8-10-19-11-14(15)7-4-9-18/h3,5-6,8,10-11H,9,18H2,1-2H3,(H,20,21). The molecule has 0 spiro atoms. The molecule has 0 saturated heterocycles. The van der Waals surface area contributed by atoms with Crippen molar-refractivity contribution >= 4 is 11.6 Å². The first kappa shape index (κ1) is 14.8. The summed E-state index contributed by atoms with van der Waals surface area (Å²) in [5.74, 6) is 5.42. The fraction of sp³-hybridized carbons (Fsp3) is 0.176. The van der Waals surface area contributed by atoms with Crippen LogP contribution >= 0.6 is 0 Å². The molecule has 1 amide bonds. The number of benzene rings is 1. The van der Waals surface area contributed by atoms with Crippen LogP contribution < -0.4 is 11.1 Å². The molecule has 0 aliphatic carbocycles. The van der Waals surface area contributed by atoms with Gasteiger partial charge in [0, 0.05) is 18.1 Å². The monoisotopic (exact) mass is 279 g/mol. The maximum atomic E-state index is 12.5. The summed E-state index contributed by atoms with van der Waals surface area (Å²) in [6.07, 6.45) is 3.15. The number of carbonyl (C=O) groups is 1. The Kier molecular flexibility index (Phi) is 4.70. The van der Waals surface area contributed by atoms with Crippen LogP contribution in [0.2, 0.25) is 0 Å². The van der Waals surface area contributed by atoms with E-state index in [1.54, 1.807) is 18.5 Å². The SMILES string of the molecule is Cc1cccc(C)c1NC(=O)c1ccncc1C#CCN. The number of rotatable bonds is 2. The molecule has 2 aromatic rings. The van der Waals surface area contributed by atoms with Gasteiger partial charge in [-0.1, -0.05) is 30.0 Å². The summed E-state index contributed by atoms with van der Waals surface area (Å²) in [6.45, 7) is 4.17. The van der Waals surface area contributed by atoms with E-state index in [0.29, 0.717) is 11.1 Å². The van der Waals surface area contributed by atoms with E-state index in [1.807, 2.05) is 32.0 Å². The number of nitrogens with one attached hydrogen (secondary N) is 1. The van der Waals surface area contributed by atoms with Gasteiger partial charge in [0.2, 0.25) is 0 Å². The smallest absolute Gasteiger partial charge is 0.257 e. The van der Waals surface area contributed by atoms with Gasteiger partial charge in [0.15, 0.2) is 0 Å². The molecular formula is C17H17N3O.